The van der Waals surface area contributed by atoms with Crippen molar-refractivity contribution in [2.45, 2.75) is 19.8 Å². The third kappa shape index (κ3) is 3.72. The molecular formula is C22H20N6O2S. The first-order valence-corrected chi connectivity index (χ1v) is 11.0. The van der Waals surface area contributed by atoms with Gasteiger partial charge < -0.3 is 4.90 Å². The molecule has 2 aromatic carbocycles. The van der Waals surface area contributed by atoms with Gasteiger partial charge in [0, 0.05) is 24.6 Å². The van der Waals surface area contributed by atoms with Crippen LogP contribution in [0.4, 0.5) is 0 Å². The molecule has 4 aromatic rings. The third-order valence-corrected chi connectivity index (χ3v) is 6.67. The Balaban J connectivity index is 1.26. The van der Waals surface area contributed by atoms with Crippen LogP contribution in [-0.2, 0) is 0 Å². The number of piperidine rings is 1. The molecule has 0 aliphatic carbocycles. The van der Waals surface area contributed by atoms with E-state index in [1.807, 2.05) is 48.2 Å². The molecule has 0 spiro atoms. The zero-order chi connectivity index (χ0) is 21.4. The van der Waals surface area contributed by atoms with Crippen LogP contribution in [0.25, 0.3) is 15.9 Å². The van der Waals surface area contributed by atoms with Gasteiger partial charge >= 0.3 is 0 Å². The van der Waals surface area contributed by atoms with Gasteiger partial charge in [-0.05, 0) is 60.5 Å². The van der Waals surface area contributed by atoms with Crippen molar-refractivity contribution >= 4 is 33.2 Å². The maximum atomic E-state index is 13.0. The molecule has 1 amide bonds. The van der Waals surface area contributed by atoms with E-state index in [4.69, 9.17) is 0 Å². The number of amides is 1. The summed E-state index contributed by atoms with van der Waals surface area (Å²) in [5.41, 5.74) is 2.19. The van der Waals surface area contributed by atoms with Gasteiger partial charge in [0.15, 0.2) is 16.6 Å². The maximum absolute atomic E-state index is 13.0. The lowest BCUT2D eigenvalue weighted by Gasteiger charge is -2.31. The van der Waals surface area contributed by atoms with Crippen LogP contribution in [0.1, 0.15) is 38.8 Å². The number of carbonyl (C=O) groups excluding carboxylic acids is 2. The number of benzene rings is 2. The number of rotatable bonds is 4. The standard InChI is InChI=1S/C22H20N6O2S/c1-14-24-25-26-28(14)17-6-4-5-16(13-17)22(30)27-11-9-15(10-12-27)20(29)21-23-18-7-2-3-8-19(18)31-21/h2-8,13,15H,9-12H2,1H3. The Bertz CT molecular complexity index is 1240. The first-order chi connectivity index (χ1) is 15.1. The molecule has 1 saturated heterocycles. The highest BCUT2D eigenvalue weighted by molar-refractivity contribution is 7.20. The minimum Gasteiger partial charge on any atom is -0.339 e. The zero-order valence-corrected chi connectivity index (χ0v) is 17.7. The molecule has 0 saturated carbocycles. The van der Waals surface area contributed by atoms with Crippen molar-refractivity contribution in [1.29, 1.82) is 0 Å². The van der Waals surface area contributed by atoms with Crippen LogP contribution in [0.15, 0.2) is 48.5 Å². The zero-order valence-electron chi connectivity index (χ0n) is 16.9. The fraction of sp³-hybridized carbons (Fsp3) is 0.273. The fourth-order valence-corrected chi connectivity index (χ4v) is 4.90. The Morgan fingerprint density at radius 3 is 2.61 bits per heavy atom. The number of carbonyl (C=O) groups is 2. The molecule has 0 unspecified atom stereocenters. The quantitative estimate of drug-likeness (QED) is 0.459. The second-order valence-electron chi connectivity index (χ2n) is 7.61. The molecule has 0 N–H and O–H groups in total. The van der Waals surface area contributed by atoms with Crippen LogP contribution >= 0.6 is 11.3 Å². The lowest BCUT2D eigenvalue weighted by Crippen LogP contribution is -2.40. The van der Waals surface area contributed by atoms with Crippen molar-refractivity contribution in [1.82, 2.24) is 30.1 Å². The summed E-state index contributed by atoms with van der Waals surface area (Å²) in [4.78, 5) is 32.3. The van der Waals surface area contributed by atoms with Gasteiger partial charge in [-0.2, -0.15) is 4.68 Å². The number of tetrazole rings is 1. The maximum Gasteiger partial charge on any atom is 0.253 e. The second-order valence-corrected chi connectivity index (χ2v) is 8.64. The summed E-state index contributed by atoms with van der Waals surface area (Å²) in [7, 11) is 0. The number of fused-ring (bicyclic) bond motifs is 1. The number of para-hydroxylation sites is 1. The number of Topliss-reactive ketones (excluding diaryl/α,β-unsaturated/α-hetero) is 1. The molecule has 0 atom stereocenters. The van der Waals surface area contributed by atoms with Crippen LogP contribution < -0.4 is 0 Å². The average molecular weight is 433 g/mol. The summed E-state index contributed by atoms with van der Waals surface area (Å²) in [5, 5.41) is 12.1. The number of hydrogen-bond acceptors (Lipinski definition) is 7. The number of ketones is 1. The molecule has 2 aromatic heterocycles. The van der Waals surface area contributed by atoms with Crippen LogP contribution in [0, 0.1) is 12.8 Å². The van der Waals surface area contributed by atoms with Crippen molar-refractivity contribution in [3.05, 3.63) is 64.9 Å². The van der Waals surface area contributed by atoms with E-state index in [1.165, 1.54) is 11.3 Å². The van der Waals surface area contributed by atoms with E-state index in [2.05, 4.69) is 20.5 Å². The van der Waals surface area contributed by atoms with Gasteiger partial charge in [-0.25, -0.2) is 4.98 Å². The summed E-state index contributed by atoms with van der Waals surface area (Å²) in [6.45, 7) is 2.91. The van der Waals surface area contributed by atoms with E-state index < -0.39 is 0 Å². The van der Waals surface area contributed by atoms with E-state index in [1.54, 1.807) is 16.8 Å². The number of aromatic nitrogens is 5. The minimum absolute atomic E-state index is 0.0431. The SMILES string of the molecule is Cc1nnnn1-c1cccc(C(=O)N2CCC(C(=O)c3nc4ccccc4s3)CC2)c1. The monoisotopic (exact) mass is 432 g/mol. The highest BCUT2D eigenvalue weighted by Gasteiger charge is 2.30. The second kappa shape index (κ2) is 7.99. The molecule has 0 bridgehead atoms. The average Bonchev–Trinajstić information content (AvgIpc) is 3.44. The van der Waals surface area contributed by atoms with Crippen molar-refractivity contribution in [2.75, 3.05) is 13.1 Å². The van der Waals surface area contributed by atoms with Crippen LogP contribution in [0.3, 0.4) is 0 Å². The fourth-order valence-electron chi connectivity index (χ4n) is 3.92. The summed E-state index contributed by atoms with van der Waals surface area (Å²) in [5.74, 6) is 0.599. The van der Waals surface area contributed by atoms with E-state index in [-0.39, 0.29) is 17.6 Å². The van der Waals surface area contributed by atoms with E-state index >= 15 is 0 Å². The predicted octanol–water partition coefficient (Wildman–Crippen LogP) is 3.32. The Hall–Kier alpha value is -3.46. The molecular weight excluding hydrogens is 412 g/mol. The molecule has 1 aliphatic heterocycles. The first-order valence-electron chi connectivity index (χ1n) is 10.1. The lowest BCUT2D eigenvalue weighted by atomic mass is 9.92. The molecule has 3 heterocycles. The van der Waals surface area contributed by atoms with Gasteiger partial charge in [0.05, 0.1) is 15.9 Å². The Morgan fingerprint density at radius 2 is 1.87 bits per heavy atom. The van der Waals surface area contributed by atoms with E-state index in [9.17, 15) is 9.59 Å². The summed E-state index contributed by atoms with van der Waals surface area (Å²) < 4.78 is 2.62. The van der Waals surface area contributed by atoms with Crippen LogP contribution in [-0.4, -0.2) is 54.9 Å². The Kier molecular flexibility index (Phi) is 5.03. The summed E-state index contributed by atoms with van der Waals surface area (Å²) in [6, 6.07) is 15.1. The lowest BCUT2D eigenvalue weighted by molar-refractivity contribution is 0.0650. The van der Waals surface area contributed by atoms with Crippen molar-refractivity contribution < 1.29 is 9.59 Å². The number of nitrogens with zero attached hydrogens (tertiary/aromatic N) is 6. The van der Waals surface area contributed by atoms with Gasteiger partial charge in [0.1, 0.15) is 0 Å². The molecule has 0 radical (unpaired) electrons. The highest BCUT2D eigenvalue weighted by Crippen LogP contribution is 2.28. The van der Waals surface area contributed by atoms with E-state index in [0.29, 0.717) is 42.3 Å². The van der Waals surface area contributed by atoms with Gasteiger partial charge in [-0.3, -0.25) is 9.59 Å². The smallest absolute Gasteiger partial charge is 0.253 e. The van der Waals surface area contributed by atoms with Crippen LogP contribution in [0.2, 0.25) is 0 Å². The molecule has 156 valence electrons. The number of hydrogen-bond donors (Lipinski definition) is 0. The Morgan fingerprint density at radius 1 is 1.06 bits per heavy atom. The topological polar surface area (TPSA) is 93.9 Å². The molecule has 1 aliphatic rings. The summed E-state index contributed by atoms with van der Waals surface area (Å²) >= 11 is 1.44. The number of aryl methyl sites for hydroxylation is 1. The van der Waals surface area contributed by atoms with E-state index in [0.717, 1.165) is 15.9 Å². The molecule has 31 heavy (non-hydrogen) atoms. The third-order valence-electron chi connectivity index (χ3n) is 5.62. The van der Waals surface area contributed by atoms with Gasteiger partial charge in [0.2, 0.25) is 0 Å². The first kappa shape index (κ1) is 19.5. The normalized spacial score (nSPS) is 14.8. The summed E-state index contributed by atoms with van der Waals surface area (Å²) in [6.07, 6.45) is 1.29. The number of likely N-dealkylation sites (tertiary alicyclic amines) is 1. The van der Waals surface area contributed by atoms with Gasteiger partial charge in [-0.15, -0.1) is 16.4 Å². The van der Waals surface area contributed by atoms with Crippen LogP contribution in [0.5, 0.6) is 0 Å². The highest BCUT2D eigenvalue weighted by atomic mass is 32.1. The van der Waals surface area contributed by atoms with Gasteiger partial charge in [0.25, 0.3) is 5.91 Å². The molecule has 5 rings (SSSR count). The molecule has 9 heteroatoms. The van der Waals surface area contributed by atoms with Gasteiger partial charge in [-0.1, -0.05) is 18.2 Å². The molecule has 1 fully saturated rings. The number of thiazole rings is 1. The Labute approximate surface area is 182 Å². The predicted molar refractivity (Wildman–Crippen MR) is 116 cm³/mol. The largest absolute Gasteiger partial charge is 0.339 e. The molecule has 8 nitrogen and oxygen atoms in total. The minimum atomic E-state index is -0.0974. The van der Waals surface area contributed by atoms with Crippen molar-refractivity contribution in [3.8, 4) is 5.69 Å². The van der Waals surface area contributed by atoms with Crippen molar-refractivity contribution in [2.24, 2.45) is 5.92 Å². The van der Waals surface area contributed by atoms with Crippen molar-refractivity contribution in [3.63, 3.8) is 0 Å².